The molecule has 0 aromatic heterocycles. The molecule has 1 fully saturated rings. The van der Waals surface area contributed by atoms with E-state index >= 15 is 0 Å². The highest BCUT2D eigenvalue weighted by molar-refractivity contribution is 8.00. The van der Waals surface area contributed by atoms with Gasteiger partial charge in [0.1, 0.15) is 0 Å². The molecule has 0 radical (unpaired) electrons. The van der Waals surface area contributed by atoms with Crippen molar-refractivity contribution < 1.29 is 8.42 Å². The second-order valence-corrected chi connectivity index (χ2v) is 5.00. The molecule has 1 aliphatic heterocycles. The van der Waals surface area contributed by atoms with Gasteiger partial charge in [0.25, 0.3) is 0 Å². The van der Waals surface area contributed by atoms with Gasteiger partial charge in [-0.05, 0) is 6.42 Å². The highest BCUT2D eigenvalue weighted by Crippen LogP contribution is 2.20. The van der Waals surface area contributed by atoms with Crippen molar-refractivity contribution in [1.82, 2.24) is 4.31 Å². The molecular weight excluding hydrogens is 182 g/mol. The molecule has 66 valence electrons. The Morgan fingerprint density at radius 1 is 1.64 bits per heavy atom. The Morgan fingerprint density at radius 2 is 2.36 bits per heavy atom. The Kier molecular flexibility index (Phi) is 3.68. The summed E-state index contributed by atoms with van der Waals surface area (Å²) in [7, 11) is -2.33. The van der Waals surface area contributed by atoms with Crippen LogP contribution >= 0.6 is 11.8 Å². The highest BCUT2D eigenvalue weighted by atomic mass is 32.2. The standard InChI is InChI=1S/C6H13NO2S2/c1-2-6-5-7(11(8)9)3-4-10-6/h6,11H,2-5H2,1H3. The number of thioether (sulfide) groups is 1. The molecule has 3 nitrogen and oxygen atoms in total. The van der Waals surface area contributed by atoms with E-state index in [9.17, 15) is 8.42 Å². The van der Waals surface area contributed by atoms with Crippen molar-refractivity contribution in [1.29, 1.82) is 0 Å². The van der Waals surface area contributed by atoms with Crippen LogP contribution in [-0.2, 0) is 10.9 Å². The van der Waals surface area contributed by atoms with E-state index in [-0.39, 0.29) is 0 Å². The van der Waals surface area contributed by atoms with E-state index in [1.54, 1.807) is 4.31 Å². The first-order valence-electron chi connectivity index (χ1n) is 3.75. The summed E-state index contributed by atoms with van der Waals surface area (Å²) in [6, 6.07) is 0. The molecule has 0 N–H and O–H groups in total. The van der Waals surface area contributed by atoms with Crippen LogP contribution < -0.4 is 0 Å². The molecule has 0 amide bonds. The quantitative estimate of drug-likeness (QED) is 0.646. The number of thiol groups is 1. The Balaban J connectivity index is 2.45. The van der Waals surface area contributed by atoms with Gasteiger partial charge in [-0.15, -0.1) is 0 Å². The first-order valence-corrected chi connectivity index (χ1v) is 5.92. The highest BCUT2D eigenvalue weighted by Gasteiger charge is 2.19. The van der Waals surface area contributed by atoms with Gasteiger partial charge in [-0.3, -0.25) is 0 Å². The van der Waals surface area contributed by atoms with Crippen LogP contribution in [0.3, 0.4) is 0 Å². The van der Waals surface area contributed by atoms with Crippen molar-refractivity contribution in [3.05, 3.63) is 0 Å². The summed E-state index contributed by atoms with van der Waals surface area (Å²) < 4.78 is 22.7. The van der Waals surface area contributed by atoms with Gasteiger partial charge in [0.05, 0.1) is 0 Å². The van der Waals surface area contributed by atoms with E-state index in [0.29, 0.717) is 18.3 Å². The van der Waals surface area contributed by atoms with Crippen molar-refractivity contribution in [2.75, 3.05) is 18.8 Å². The molecule has 1 unspecified atom stereocenters. The Morgan fingerprint density at radius 3 is 2.91 bits per heavy atom. The van der Waals surface area contributed by atoms with Gasteiger partial charge < -0.3 is 0 Å². The van der Waals surface area contributed by atoms with E-state index in [2.05, 4.69) is 6.92 Å². The molecule has 1 saturated heterocycles. The fourth-order valence-corrected chi connectivity index (χ4v) is 3.12. The summed E-state index contributed by atoms with van der Waals surface area (Å²) >= 11 is 1.88. The molecule has 1 aliphatic rings. The van der Waals surface area contributed by atoms with E-state index in [0.717, 1.165) is 12.2 Å². The summed E-state index contributed by atoms with van der Waals surface area (Å²) in [5, 5.41) is 0.511. The van der Waals surface area contributed by atoms with Crippen LogP contribution in [0.4, 0.5) is 0 Å². The zero-order chi connectivity index (χ0) is 8.27. The molecule has 1 atom stereocenters. The molecule has 5 heteroatoms. The lowest BCUT2D eigenvalue weighted by molar-refractivity contribution is 0.430. The summed E-state index contributed by atoms with van der Waals surface area (Å²) in [5.74, 6) is 0.946. The van der Waals surface area contributed by atoms with Gasteiger partial charge in [-0.25, -0.2) is 12.7 Å². The van der Waals surface area contributed by atoms with Gasteiger partial charge in [-0.2, -0.15) is 11.8 Å². The van der Waals surface area contributed by atoms with Gasteiger partial charge >= 0.3 is 0 Å². The Labute approximate surface area is 73.2 Å². The van der Waals surface area contributed by atoms with Gasteiger partial charge in [0, 0.05) is 24.1 Å². The molecule has 1 rings (SSSR count). The van der Waals surface area contributed by atoms with Crippen LogP contribution in [0.25, 0.3) is 0 Å². The van der Waals surface area contributed by atoms with Crippen LogP contribution in [0.15, 0.2) is 0 Å². The van der Waals surface area contributed by atoms with Crippen LogP contribution in [0.1, 0.15) is 13.3 Å². The van der Waals surface area contributed by atoms with Gasteiger partial charge in [0.15, 0.2) is 0 Å². The smallest absolute Gasteiger partial charge is 0.203 e. The Hall–Kier alpha value is 0.260. The van der Waals surface area contributed by atoms with Crippen molar-refractivity contribution in [3.8, 4) is 0 Å². The summed E-state index contributed by atoms with van der Waals surface area (Å²) in [6.07, 6.45) is 1.06. The molecule has 11 heavy (non-hydrogen) atoms. The SMILES string of the molecule is CCC1CN([SH](=O)=O)CCS1. The molecule has 1 heterocycles. The minimum atomic E-state index is -2.33. The molecule has 0 aliphatic carbocycles. The zero-order valence-electron chi connectivity index (χ0n) is 6.52. The number of hydrogen-bond acceptors (Lipinski definition) is 3. The molecule has 0 bridgehead atoms. The van der Waals surface area contributed by atoms with Crippen molar-refractivity contribution in [3.63, 3.8) is 0 Å². The summed E-state index contributed by atoms with van der Waals surface area (Å²) in [6.45, 7) is 3.50. The van der Waals surface area contributed by atoms with E-state index in [4.69, 9.17) is 0 Å². The lowest BCUT2D eigenvalue weighted by atomic mass is 10.3. The maximum absolute atomic E-state index is 10.6. The second-order valence-electron chi connectivity index (χ2n) is 2.55. The van der Waals surface area contributed by atoms with Crippen molar-refractivity contribution in [2.24, 2.45) is 0 Å². The molecule has 0 spiro atoms. The molecule has 0 saturated carbocycles. The van der Waals surface area contributed by atoms with Crippen LogP contribution in [-0.4, -0.2) is 36.8 Å². The maximum Gasteiger partial charge on any atom is 0.203 e. The molecule has 0 aromatic carbocycles. The van der Waals surface area contributed by atoms with Crippen LogP contribution in [0, 0.1) is 0 Å². The first kappa shape index (κ1) is 9.35. The average molecular weight is 195 g/mol. The normalized spacial score (nSPS) is 27.6. The minimum Gasteiger partial charge on any atom is -0.215 e. The third-order valence-electron chi connectivity index (χ3n) is 1.80. The fraction of sp³-hybridized carbons (Fsp3) is 1.00. The zero-order valence-corrected chi connectivity index (χ0v) is 8.24. The predicted molar refractivity (Wildman–Crippen MR) is 48.4 cm³/mol. The lowest BCUT2D eigenvalue weighted by Gasteiger charge is -2.26. The number of rotatable bonds is 2. The largest absolute Gasteiger partial charge is 0.215 e. The van der Waals surface area contributed by atoms with Gasteiger partial charge in [0.2, 0.25) is 10.9 Å². The van der Waals surface area contributed by atoms with Crippen LogP contribution in [0.5, 0.6) is 0 Å². The lowest BCUT2D eigenvalue weighted by Crippen LogP contribution is -2.36. The first-order chi connectivity index (χ1) is 5.24. The van der Waals surface area contributed by atoms with E-state index in [1.165, 1.54) is 0 Å². The second kappa shape index (κ2) is 4.33. The van der Waals surface area contributed by atoms with Gasteiger partial charge in [-0.1, -0.05) is 6.92 Å². The topological polar surface area (TPSA) is 37.4 Å². The summed E-state index contributed by atoms with van der Waals surface area (Å²) in [4.78, 5) is 0. The average Bonchev–Trinajstić information content (AvgIpc) is 2.05. The number of hydrogen-bond donors (Lipinski definition) is 1. The molecular formula is C6H13NO2S2. The fourth-order valence-electron chi connectivity index (χ4n) is 1.10. The third kappa shape index (κ3) is 2.65. The predicted octanol–water partition coefficient (Wildman–Crippen LogP) is 0.340. The Bertz CT molecular complexity index is 185. The van der Waals surface area contributed by atoms with Crippen molar-refractivity contribution in [2.45, 2.75) is 18.6 Å². The number of nitrogens with zero attached hydrogens (tertiary/aromatic N) is 1. The monoisotopic (exact) mass is 195 g/mol. The third-order valence-corrected chi connectivity index (χ3v) is 4.00. The van der Waals surface area contributed by atoms with Crippen LogP contribution in [0.2, 0.25) is 0 Å². The maximum atomic E-state index is 10.6. The van der Waals surface area contributed by atoms with E-state index in [1.807, 2.05) is 11.8 Å². The van der Waals surface area contributed by atoms with Crippen molar-refractivity contribution >= 4 is 22.7 Å². The molecule has 0 aromatic rings. The van der Waals surface area contributed by atoms with E-state index < -0.39 is 10.9 Å². The minimum absolute atomic E-state index is 0.511. The summed E-state index contributed by atoms with van der Waals surface area (Å²) in [5.41, 5.74) is 0.